The Labute approximate surface area is 281 Å². The average Bonchev–Trinajstić information content (AvgIpc) is 3.17. The maximum Gasteiger partial charge on any atom is 0.227 e. The Bertz CT molecular complexity index is 1770. The van der Waals surface area contributed by atoms with Crippen LogP contribution in [0.2, 0.25) is 0 Å². The zero-order chi connectivity index (χ0) is 32.4. The van der Waals surface area contributed by atoms with Gasteiger partial charge in [0.1, 0.15) is 11.6 Å². The molecule has 0 amide bonds. The summed E-state index contributed by atoms with van der Waals surface area (Å²) >= 11 is 0. The highest BCUT2D eigenvalue weighted by Gasteiger charge is 2.17. The van der Waals surface area contributed by atoms with Crippen LogP contribution >= 0.6 is 0 Å². The standard InChI is InChI=1S/2C19H21N5/c1-6-12-24(13-7-1)19-22-17-10-3-2-9-16(17)18(23-19)21-14-15-8-4-5-11-20-15;1-4-11-24(12-5-1)19-22-17-9-3-2-8-16(17)18(23-19)21-14-15-7-6-10-20-13-15/h2-5,8-11H,1,6-7,12-14H2,(H,21,22,23);2-3,6-10,13H,1,4-5,11-12,14H2,(H,21,22,23). The van der Waals surface area contributed by atoms with Crippen molar-refractivity contribution in [2.45, 2.75) is 51.6 Å². The number of para-hydroxylation sites is 2. The van der Waals surface area contributed by atoms with Crippen molar-refractivity contribution in [1.82, 2.24) is 29.9 Å². The van der Waals surface area contributed by atoms with Gasteiger partial charge in [-0.3, -0.25) is 9.97 Å². The number of benzene rings is 2. The molecule has 0 bridgehead atoms. The molecule has 2 aliphatic heterocycles. The van der Waals surface area contributed by atoms with Gasteiger partial charge in [-0.05, 0) is 86.6 Å². The van der Waals surface area contributed by atoms with Crippen LogP contribution in [-0.2, 0) is 13.1 Å². The van der Waals surface area contributed by atoms with Crippen LogP contribution < -0.4 is 20.4 Å². The van der Waals surface area contributed by atoms with E-state index in [1.807, 2.05) is 60.9 Å². The third kappa shape index (κ3) is 7.76. The predicted octanol–water partition coefficient (Wildman–Crippen LogP) is 7.25. The summed E-state index contributed by atoms with van der Waals surface area (Å²) in [4.78, 5) is 32.3. The molecule has 10 heteroatoms. The molecule has 4 aromatic heterocycles. The fraction of sp³-hybridized carbons (Fsp3) is 0.316. The first-order chi connectivity index (χ1) is 23.8. The quantitative estimate of drug-likeness (QED) is 0.177. The van der Waals surface area contributed by atoms with Crippen LogP contribution in [-0.4, -0.2) is 56.1 Å². The summed E-state index contributed by atoms with van der Waals surface area (Å²) in [5.74, 6) is 3.44. The second-order valence-electron chi connectivity index (χ2n) is 12.3. The highest BCUT2D eigenvalue weighted by atomic mass is 15.3. The molecule has 6 aromatic rings. The van der Waals surface area contributed by atoms with Gasteiger partial charge in [-0.25, -0.2) is 9.97 Å². The number of hydrogen-bond donors (Lipinski definition) is 2. The summed E-state index contributed by atoms with van der Waals surface area (Å²) in [6.07, 6.45) is 12.9. The summed E-state index contributed by atoms with van der Waals surface area (Å²) in [6, 6.07) is 26.3. The molecule has 6 heterocycles. The minimum Gasteiger partial charge on any atom is -0.365 e. The number of fused-ring (bicyclic) bond motifs is 2. The van der Waals surface area contributed by atoms with Gasteiger partial charge in [0.15, 0.2) is 0 Å². The van der Waals surface area contributed by atoms with Gasteiger partial charge in [0.25, 0.3) is 0 Å². The smallest absolute Gasteiger partial charge is 0.227 e. The highest BCUT2D eigenvalue weighted by Crippen LogP contribution is 2.27. The van der Waals surface area contributed by atoms with Crippen LogP contribution in [0.4, 0.5) is 23.5 Å². The lowest BCUT2D eigenvalue weighted by atomic mass is 10.1. The van der Waals surface area contributed by atoms with Crippen molar-refractivity contribution in [3.63, 3.8) is 0 Å². The third-order valence-corrected chi connectivity index (χ3v) is 8.81. The fourth-order valence-corrected chi connectivity index (χ4v) is 6.23. The van der Waals surface area contributed by atoms with Gasteiger partial charge in [-0.2, -0.15) is 9.97 Å². The topological polar surface area (TPSA) is 108 Å². The van der Waals surface area contributed by atoms with E-state index in [2.05, 4.69) is 60.7 Å². The molecule has 2 fully saturated rings. The number of piperidine rings is 2. The maximum absolute atomic E-state index is 4.82. The molecular formula is C38H42N10. The van der Waals surface area contributed by atoms with Gasteiger partial charge in [0.2, 0.25) is 11.9 Å². The summed E-state index contributed by atoms with van der Waals surface area (Å²) in [6.45, 7) is 5.52. The molecule has 48 heavy (non-hydrogen) atoms. The Morgan fingerprint density at radius 2 is 1.08 bits per heavy atom. The summed E-state index contributed by atoms with van der Waals surface area (Å²) < 4.78 is 0. The largest absolute Gasteiger partial charge is 0.365 e. The number of anilines is 4. The second-order valence-corrected chi connectivity index (χ2v) is 12.3. The van der Waals surface area contributed by atoms with Gasteiger partial charge in [-0.15, -0.1) is 0 Å². The Hall–Kier alpha value is -5.38. The lowest BCUT2D eigenvalue weighted by Gasteiger charge is -2.27. The Morgan fingerprint density at radius 1 is 0.521 bits per heavy atom. The SMILES string of the molecule is c1ccc(CNc2nc(N3CCCCC3)nc3ccccc23)nc1.c1cncc(CNc2nc(N3CCCCC3)nc3ccccc23)c1. The van der Waals surface area contributed by atoms with E-state index in [-0.39, 0.29) is 0 Å². The molecule has 0 atom stereocenters. The molecule has 8 rings (SSSR count). The van der Waals surface area contributed by atoms with Crippen molar-refractivity contribution in [1.29, 1.82) is 0 Å². The maximum atomic E-state index is 4.82. The van der Waals surface area contributed by atoms with Crippen LogP contribution in [0, 0.1) is 0 Å². The molecule has 2 aliphatic rings. The van der Waals surface area contributed by atoms with Gasteiger partial charge >= 0.3 is 0 Å². The Balaban J connectivity index is 0.000000152. The zero-order valence-electron chi connectivity index (χ0n) is 27.3. The molecule has 0 spiro atoms. The minimum atomic E-state index is 0.654. The van der Waals surface area contributed by atoms with Crippen LogP contribution in [0.3, 0.4) is 0 Å². The Kier molecular flexibility index (Phi) is 10.1. The highest BCUT2D eigenvalue weighted by molar-refractivity contribution is 5.91. The predicted molar refractivity (Wildman–Crippen MR) is 194 cm³/mol. The molecule has 0 aliphatic carbocycles. The Morgan fingerprint density at radius 3 is 1.62 bits per heavy atom. The van der Waals surface area contributed by atoms with E-state index in [0.29, 0.717) is 13.1 Å². The number of nitrogens with one attached hydrogen (secondary N) is 2. The van der Waals surface area contributed by atoms with E-state index in [1.54, 1.807) is 6.20 Å². The zero-order valence-corrected chi connectivity index (χ0v) is 27.3. The van der Waals surface area contributed by atoms with Crippen molar-refractivity contribution in [3.05, 3.63) is 109 Å². The summed E-state index contributed by atoms with van der Waals surface area (Å²) in [5, 5.41) is 9.02. The first kappa shape index (κ1) is 31.2. The van der Waals surface area contributed by atoms with Gasteiger partial charge in [-0.1, -0.05) is 36.4 Å². The average molecular weight is 639 g/mol. The van der Waals surface area contributed by atoms with Crippen molar-refractivity contribution in [2.24, 2.45) is 0 Å². The van der Waals surface area contributed by atoms with E-state index in [4.69, 9.17) is 19.9 Å². The number of nitrogens with zero attached hydrogens (tertiary/aromatic N) is 8. The normalized spacial score (nSPS) is 14.8. The molecule has 2 N–H and O–H groups in total. The van der Waals surface area contributed by atoms with E-state index in [1.165, 1.54) is 38.5 Å². The molecular weight excluding hydrogens is 596 g/mol. The molecule has 2 aromatic carbocycles. The lowest BCUT2D eigenvalue weighted by Crippen LogP contribution is -2.31. The van der Waals surface area contributed by atoms with Gasteiger partial charge < -0.3 is 20.4 Å². The van der Waals surface area contributed by atoms with Gasteiger partial charge in [0, 0.05) is 62.1 Å². The van der Waals surface area contributed by atoms with Crippen LogP contribution in [0.25, 0.3) is 21.8 Å². The first-order valence-corrected chi connectivity index (χ1v) is 17.1. The molecule has 244 valence electrons. The molecule has 0 unspecified atom stereocenters. The van der Waals surface area contributed by atoms with Crippen LogP contribution in [0.1, 0.15) is 49.8 Å². The number of hydrogen-bond acceptors (Lipinski definition) is 10. The number of rotatable bonds is 8. The summed E-state index contributed by atoms with van der Waals surface area (Å²) in [5.41, 5.74) is 4.11. The molecule has 10 nitrogen and oxygen atoms in total. The first-order valence-electron chi connectivity index (χ1n) is 17.1. The van der Waals surface area contributed by atoms with Crippen LogP contribution in [0.5, 0.6) is 0 Å². The third-order valence-electron chi connectivity index (χ3n) is 8.81. The number of aromatic nitrogens is 6. The van der Waals surface area contributed by atoms with E-state index < -0.39 is 0 Å². The van der Waals surface area contributed by atoms with E-state index >= 15 is 0 Å². The molecule has 0 saturated carbocycles. The molecule has 2 saturated heterocycles. The number of pyridine rings is 2. The van der Waals surface area contributed by atoms with Crippen molar-refractivity contribution in [2.75, 3.05) is 46.6 Å². The van der Waals surface area contributed by atoms with E-state index in [0.717, 1.165) is 82.8 Å². The van der Waals surface area contributed by atoms with Crippen molar-refractivity contribution in [3.8, 4) is 0 Å². The van der Waals surface area contributed by atoms with Crippen molar-refractivity contribution >= 4 is 45.3 Å². The summed E-state index contributed by atoms with van der Waals surface area (Å²) in [7, 11) is 0. The monoisotopic (exact) mass is 638 g/mol. The fourth-order valence-electron chi connectivity index (χ4n) is 6.23. The lowest BCUT2D eigenvalue weighted by molar-refractivity contribution is 0.569. The molecule has 0 radical (unpaired) electrons. The second kappa shape index (κ2) is 15.5. The van der Waals surface area contributed by atoms with Crippen LogP contribution in [0.15, 0.2) is 97.5 Å². The van der Waals surface area contributed by atoms with Crippen molar-refractivity contribution < 1.29 is 0 Å². The van der Waals surface area contributed by atoms with Gasteiger partial charge in [0.05, 0.1) is 23.3 Å². The van der Waals surface area contributed by atoms with E-state index in [9.17, 15) is 0 Å². The minimum absolute atomic E-state index is 0.654.